The molecule has 1 heterocycles. The average molecular weight is 470 g/mol. The van der Waals surface area contributed by atoms with E-state index in [4.69, 9.17) is 0 Å². The van der Waals surface area contributed by atoms with E-state index < -0.39 is 0 Å². The summed E-state index contributed by atoms with van der Waals surface area (Å²) in [5.74, 6) is -0.241. The van der Waals surface area contributed by atoms with Gasteiger partial charge in [-0.25, -0.2) is 0 Å². The first-order chi connectivity index (χ1) is 17.0. The summed E-state index contributed by atoms with van der Waals surface area (Å²) < 4.78 is 1.61. The number of para-hydroxylation sites is 1. The zero-order chi connectivity index (χ0) is 24.8. The maximum atomic E-state index is 13.9. The van der Waals surface area contributed by atoms with Crippen molar-refractivity contribution in [2.45, 2.75) is 38.9 Å². The number of hydrogen-bond acceptors (Lipinski definition) is 4. The van der Waals surface area contributed by atoms with Crippen molar-refractivity contribution in [2.75, 3.05) is 6.61 Å². The molecular weight excluding hydrogens is 438 g/mol. The summed E-state index contributed by atoms with van der Waals surface area (Å²) in [5, 5.41) is 17.1. The summed E-state index contributed by atoms with van der Waals surface area (Å²) >= 11 is 0. The first-order valence-electron chi connectivity index (χ1n) is 12.0. The zero-order valence-electron chi connectivity index (χ0n) is 20.1. The fraction of sp³-hybridized carbons (Fsp3) is 0.241. The van der Waals surface area contributed by atoms with E-state index in [1.807, 2.05) is 92.7 Å². The van der Waals surface area contributed by atoms with Crippen molar-refractivity contribution in [3.05, 3.63) is 112 Å². The Morgan fingerprint density at radius 1 is 0.914 bits per heavy atom. The van der Waals surface area contributed by atoms with Gasteiger partial charge in [-0.2, -0.15) is 0 Å². The van der Waals surface area contributed by atoms with Crippen LogP contribution in [0.15, 0.2) is 89.7 Å². The van der Waals surface area contributed by atoms with Crippen LogP contribution in [0.25, 0.3) is 16.5 Å². The Morgan fingerprint density at radius 3 is 2.14 bits per heavy atom. The van der Waals surface area contributed by atoms with Crippen LogP contribution in [0.4, 0.5) is 0 Å². The van der Waals surface area contributed by atoms with E-state index in [1.54, 1.807) is 10.6 Å². The first kappa shape index (κ1) is 24.4. The second kappa shape index (κ2) is 11.1. The topological polar surface area (TPSA) is 83.4 Å². The Morgan fingerprint density at radius 2 is 1.51 bits per heavy atom. The van der Waals surface area contributed by atoms with Crippen LogP contribution in [0, 0.1) is 0 Å². The van der Waals surface area contributed by atoms with Crippen molar-refractivity contribution in [3.8, 4) is 5.69 Å². The number of aliphatic hydroxyl groups is 1. The molecule has 180 valence electrons. The zero-order valence-corrected chi connectivity index (χ0v) is 20.1. The van der Waals surface area contributed by atoms with Gasteiger partial charge in [0, 0.05) is 29.0 Å². The number of hydrogen-bond donors (Lipinski definition) is 3. The first-order valence-corrected chi connectivity index (χ1v) is 12.0. The monoisotopic (exact) mass is 469 g/mol. The Hall–Kier alpha value is -3.74. The third-order valence-corrected chi connectivity index (χ3v) is 6.24. The van der Waals surface area contributed by atoms with Crippen LogP contribution in [-0.2, 0) is 6.54 Å². The van der Waals surface area contributed by atoms with Crippen molar-refractivity contribution in [1.82, 2.24) is 15.2 Å². The van der Waals surface area contributed by atoms with Gasteiger partial charge in [0.2, 0.25) is 0 Å². The molecule has 6 nitrogen and oxygen atoms in total. The Labute approximate surface area is 205 Å². The van der Waals surface area contributed by atoms with Gasteiger partial charge in [0.15, 0.2) is 0 Å². The molecule has 6 heteroatoms. The van der Waals surface area contributed by atoms with Crippen LogP contribution in [0.2, 0.25) is 0 Å². The van der Waals surface area contributed by atoms with Crippen LogP contribution < -0.4 is 16.2 Å². The fourth-order valence-corrected chi connectivity index (χ4v) is 4.34. The number of aromatic nitrogens is 1. The third-order valence-electron chi connectivity index (χ3n) is 6.24. The third kappa shape index (κ3) is 5.19. The maximum Gasteiger partial charge on any atom is 0.263 e. The molecule has 0 spiro atoms. The van der Waals surface area contributed by atoms with E-state index >= 15 is 0 Å². The maximum absolute atomic E-state index is 13.9. The Balaban J connectivity index is 1.92. The van der Waals surface area contributed by atoms with Crippen LogP contribution >= 0.6 is 0 Å². The van der Waals surface area contributed by atoms with E-state index in [9.17, 15) is 14.7 Å². The molecule has 4 rings (SSSR count). The van der Waals surface area contributed by atoms with Crippen LogP contribution in [0.5, 0.6) is 0 Å². The van der Waals surface area contributed by atoms with Crippen molar-refractivity contribution in [2.24, 2.45) is 0 Å². The van der Waals surface area contributed by atoms with Gasteiger partial charge in [0.25, 0.3) is 11.5 Å². The molecule has 1 unspecified atom stereocenters. The molecule has 0 aliphatic carbocycles. The molecule has 2 atom stereocenters. The summed E-state index contributed by atoms with van der Waals surface area (Å²) in [4.78, 5) is 27.6. The molecule has 0 radical (unpaired) electrons. The van der Waals surface area contributed by atoms with Crippen molar-refractivity contribution < 1.29 is 9.90 Å². The van der Waals surface area contributed by atoms with Crippen molar-refractivity contribution >= 4 is 16.7 Å². The number of aliphatic hydroxyl groups excluding tert-OH is 1. The quantitative estimate of drug-likeness (QED) is 0.341. The molecule has 0 bridgehead atoms. The van der Waals surface area contributed by atoms with Gasteiger partial charge < -0.3 is 15.7 Å². The van der Waals surface area contributed by atoms with Crippen molar-refractivity contribution in [1.29, 1.82) is 0 Å². The van der Waals surface area contributed by atoms with E-state index in [0.29, 0.717) is 27.7 Å². The molecule has 0 fully saturated rings. The highest BCUT2D eigenvalue weighted by molar-refractivity contribution is 6.08. The number of pyridine rings is 1. The number of benzene rings is 3. The van der Waals surface area contributed by atoms with Gasteiger partial charge in [0.05, 0.1) is 23.9 Å². The van der Waals surface area contributed by atoms with Crippen molar-refractivity contribution in [3.63, 3.8) is 0 Å². The summed E-state index contributed by atoms with van der Waals surface area (Å²) in [7, 11) is 0. The molecule has 3 aromatic carbocycles. The minimum atomic E-state index is -0.241. The molecular formula is C29H31N3O3. The number of nitrogens with one attached hydrogen (secondary N) is 2. The molecule has 0 saturated carbocycles. The van der Waals surface area contributed by atoms with Gasteiger partial charge in [-0.05, 0) is 37.1 Å². The predicted molar refractivity (Wildman–Crippen MR) is 140 cm³/mol. The highest BCUT2D eigenvalue weighted by Gasteiger charge is 2.24. The Bertz CT molecular complexity index is 1350. The molecule has 3 N–H and O–H groups in total. The van der Waals surface area contributed by atoms with E-state index in [0.717, 1.165) is 12.0 Å². The number of carbonyl (C=O) groups excluding carboxylic acids is 1. The molecule has 1 aromatic heterocycles. The lowest BCUT2D eigenvalue weighted by Gasteiger charge is -2.23. The van der Waals surface area contributed by atoms with Gasteiger partial charge >= 0.3 is 0 Å². The minimum Gasteiger partial charge on any atom is -0.395 e. The van der Waals surface area contributed by atoms with E-state index in [2.05, 4.69) is 10.6 Å². The summed E-state index contributed by atoms with van der Waals surface area (Å²) in [6, 6.07) is 26.1. The highest BCUT2D eigenvalue weighted by Crippen LogP contribution is 2.25. The fourth-order valence-electron chi connectivity index (χ4n) is 4.34. The standard InChI is InChI=1S/C29H31N3O3/c1-3-25(21-12-6-4-7-13-21)31-28(34)27-23-16-10-11-17-24(23)29(35)32(22-14-8-5-9-15-22)26(27)18-30-20(2)19-33/h4-17,20,25,30,33H,3,18-19H2,1-2H3,(H,31,34)/t20-,25?/m0/s1. The van der Waals surface area contributed by atoms with Crippen LogP contribution in [-0.4, -0.2) is 28.2 Å². The second-order valence-electron chi connectivity index (χ2n) is 8.65. The molecule has 1 amide bonds. The van der Waals surface area contributed by atoms with Gasteiger partial charge in [-0.1, -0.05) is 73.7 Å². The largest absolute Gasteiger partial charge is 0.395 e. The lowest BCUT2D eigenvalue weighted by molar-refractivity contribution is 0.0935. The molecule has 0 aliphatic heterocycles. The molecule has 4 aromatic rings. The number of carbonyl (C=O) groups is 1. The molecule has 35 heavy (non-hydrogen) atoms. The summed E-state index contributed by atoms with van der Waals surface area (Å²) in [5.41, 5.74) is 2.53. The number of nitrogens with zero attached hydrogens (tertiary/aromatic N) is 1. The van der Waals surface area contributed by atoms with Gasteiger partial charge in [-0.3, -0.25) is 14.2 Å². The summed E-state index contributed by atoms with van der Waals surface area (Å²) in [6.07, 6.45) is 0.723. The second-order valence-corrected chi connectivity index (χ2v) is 8.65. The van der Waals surface area contributed by atoms with E-state index in [1.165, 1.54) is 0 Å². The normalized spacial score (nSPS) is 12.9. The number of fused-ring (bicyclic) bond motifs is 1. The highest BCUT2D eigenvalue weighted by atomic mass is 16.3. The molecule has 0 aliphatic rings. The van der Waals surface area contributed by atoms with Gasteiger partial charge in [-0.15, -0.1) is 0 Å². The average Bonchev–Trinajstić information content (AvgIpc) is 2.91. The smallest absolute Gasteiger partial charge is 0.263 e. The number of rotatable bonds is 9. The number of amides is 1. The molecule has 0 saturated heterocycles. The van der Waals surface area contributed by atoms with Gasteiger partial charge in [0.1, 0.15) is 0 Å². The lowest BCUT2D eigenvalue weighted by Crippen LogP contribution is -2.36. The summed E-state index contributed by atoms with van der Waals surface area (Å²) in [6.45, 7) is 4.07. The van der Waals surface area contributed by atoms with Crippen LogP contribution in [0.1, 0.15) is 47.9 Å². The van der Waals surface area contributed by atoms with Crippen LogP contribution in [0.3, 0.4) is 0 Å². The lowest BCUT2D eigenvalue weighted by atomic mass is 9.99. The minimum absolute atomic E-state index is 0.0589. The predicted octanol–water partition coefficient (Wildman–Crippen LogP) is 4.34. The van der Waals surface area contributed by atoms with E-state index in [-0.39, 0.29) is 36.7 Å². The SMILES string of the molecule is CCC(NC(=O)c1c(CN[C@@H](C)CO)n(-c2ccccc2)c(=O)c2ccccc12)c1ccccc1. The Kier molecular flexibility index (Phi) is 7.75.